The van der Waals surface area contributed by atoms with E-state index in [9.17, 15) is 14.4 Å². The predicted octanol–water partition coefficient (Wildman–Crippen LogP) is 2.47. The van der Waals surface area contributed by atoms with Crippen LogP contribution >= 0.6 is 12.2 Å². The normalized spacial score (nSPS) is 15.0. The molecule has 9 heteroatoms. The summed E-state index contributed by atoms with van der Waals surface area (Å²) in [5.41, 5.74) is 0.989. The van der Waals surface area contributed by atoms with E-state index < -0.39 is 17.8 Å². The van der Waals surface area contributed by atoms with E-state index in [0.717, 1.165) is 0 Å². The van der Waals surface area contributed by atoms with Crippen LogP contribution in [-0.2, 0) is 19.1 Å². The van der Waals surface area contributed by atoms with Crippen LogP contribution in [0.4, 0.5) is 5.69 Å². The second-order valence-electron chi connectivity index (χ2n) is 6.30. The number of rotatable bonds is 7. The van der Waals surface area contributed by atoms with Crippen molar-refractivity contribution in [2.45, 2.75) is 6.92 Å². The quantitative estimate of drug-likeness (QED) is 0.306. The van der Waals surface area contributed by atoms with Crippen LogP contribution in [0, 0.1) is 0 Å². The number of nitrogens with zero attached hydrogens (tertiary/aromatic N) is 1. The number of hydrogen-bond donors (Lipinski definition) is 1. The summed E-state index contributed by atoms with van der Waals surface area (Å²) in [6, 6.07) is 13.6. The number of carbonyl (C=O) groups excluding carboxylic acids is 3. The van der Waals surface area contributed by atoms with Gasteiger partial charge >= 0.3 is 5.97 Å². The molecule has 1 N–H and O–H groups in total. The minimum absolute atomic E-state index is 0.0126. The number of ether oxygens (including phenoxy) is 3. The van der Waals surface area contributed by atoms with E-state index in [0.29, 0.717) is 22.7 Å². The Kier molecular flexibility index (Phi) is 6.99. The first-order valence-corrected chi connectivity index (χ1v) is 9.78. The Hall–Kier alpha value is -3.72. The SMILES string of the molecule is CCOC(=O)COc1ccc(C=C2C(=O)NC(=S)N(c3ccccc3)C2=O)cc1OC. The van der Waals surface area contributed by atoms with Gasteiger partial charge in [0, 0.05) is 0 Å². The third-order valence-electron chi connectivity index (χ3n) is 4.27. The average Bonchev–Trinajstić information content (AvgIpc) is 2.76. The standard InChI is InChI=1S/C22H20N2O6S/c1-3-29-19(25)13-30-17-10-9-14(12-18(17)28-2)11-16-20(26)23-22(31)24(21(16)27)15-7-5-4-6-8-15/h4-12H,3,13H2,1-2H3,(H,23,26,31). The van der Waals surface area contributed by atoms with E-state index in [2.05, 4.69) is 5.32 Å². The average molecular weight is 440 g/mol. The summed E-state index contributed by atoms with van der Waals surface area (Å²) in [6.45, 7) is 1.69. The highest BCUT2D eigenvalue weighted by Gasteiger charge is 2.34. The third kappa shape index (κ3) is 5.07. The fraction of sp³-hybridized carbons (Fsp3) is 0.182. The molecule has 2 amide bonds. The Bertz CT molecular complexity index is 1050. The monoisotopic (exact) mass is 440 g/mol. The van der Waals surface area contributed by atoms with Gasteiger partial charge in [-0.15, -0.1) is 0 Å². The lowest BCUT2D eigenvalue weighted by molar-refractivity contribution is -0.145. The largest absolute Gasteiger partial charge is 0.493 e. The van der Waals surface area contributed by atoms with Crippen molar-refractivity contribution in [3.05, 3.63) is 59.7 Å². The molecule has 0 aromatic heterocycles. The Morgan fingerprint density at radius 1 is 1.13 bits per heavy atom. The topological polar surface area (TPSA) is 94.2 Å². The maximum atomic E-state index is 13.0. The molecule has 160 valence electrons. The van der Waals surface area contributed by atoms with E-state index >= 15 is 0 Å². The van der Waals surface area contributed by atoms with Crippen LogP contribution in [0.1, 0.15) is 12.5 Å². The summed E-state index contributed by atoms with van der Waals surface area (Å²) in [5, 5.41) is 2.55. The molecule has 31 heavy (non-hydrogen) atoms. The molecule has 0 atom stereocenters. The molecule has 8 nitrogen and oxygen atoms in total. The molecule has 1 fully saturated rings. The van der Waals surface area contributed by atoms with E-state index in [1.165, 1.54) is 18.1 Å². The van der Waals surface area contributed by atoms with Gasteiger partial charge in [-0.2, -0.15) is 0 Å². The molecule has 0 radical (unpaired) electrons. The predicted molar refractivity (Wildman–Crippen MR) is 118 cm³/mol. The van der Waals surface area contributed by atoms with Crippen LogP contribution in [0.5, 0.6) is 11.5 Å². The van der Waals surface area contributed by atoms with Crippen LogP contribution in [0.2, 0.25) is 0 Å². The zero-order valence-electron chi connectivity index (χ0n) is 16.9. The van der Waals surface area contributed by atoms with Gasteiger partial charge in [0.1, 0.15) is 5.57 Å². The summed E-state index contributed by atoms with van der Waals surface area (Å²) in [4.78, 5) is 38.2. The van der Waals surface area contributed by atoms with Gasteiger partial charge in [0.25, 0.3) is 11.8 Å². The molecule has 0 saturated carbocycles. The molecule has 0 bridgehead atoms. The first-order chi connectivity index (χ1) is 14.9. The lowest BCUT2D eigenvalue weighted by Crippen LogP contribution is -2.54. The third-order valence-corrected chi connectivity index (χ3v) is 4.55. The van der Waals surface area contributed by atoms with Gasteiger partial charge in [-0.1, -0.05) is 24.3 Å². The van der Waals surface area contributed by atoms with E-state index in [4.69, 9.17) is 26.4 Å². The molecule has 1 saturated heterocycles. The van der Waals surface area contributed by atoms with Crippen molar-refractivity contribution in [1.82, 2.24) is 5.32 Å². The molecular weight excluding hydrogens is 420 g/mol. The zero-order valence-corrected chi connectivity index (χ0v) is 17.7. The summed E-state index contributed by atoms with van der Waals surface area (Å²) < 4.78 is 15.6. The second kappa shape index (κ2) is 9.86. The van der Waals surface area contributed by atoms with Crippen LogP contribution in [0.3, 0.4) is 0 Å². The molecule has 3 rings (SSSR count). The zero-order chi connectivity index (χ0) is 22.4. The van der Waals surface area contributed by atoms with Gasteiger partial charge in [0.15, 0.2) is 23.2 Å². The van der Waals surface area contributed by atoms with Crippen molar-refractivity contribution in [2.75, 3.05) is 25.2 Å². The summed E-state index contributed by atoms with van der Waals surface area (Å²) in [6.07, 6.45) is 1.44. The summed E-state index contributed by atoms with van der Waals surface area (Å²) >= 11 is 5.18. The van der Waals surface area contributed by atoms with Crippen LogP contribution < -0.4 is 19.7 Å². The summed E-state index contributed by atoms with van der Waals surface area (Å²) in [5.74, 6) is -0.982. The van der Waals surface area contributed by atoms with Gasteiger partial charge in [-0.25, -0.2) is 4.79 Å². The second-order valence-corrected chi connectivity index (χ2v) is 6.68. The van der Waals surface area contributed by atoms with Crippen LogP contribution in [0.25, 0.3) is 6.08 Å². The fourth-order valence-corrected chi connectivity index (χ4v) is 3.15. The molecule has 0 unspecified atom stereocenters. The molecular formula is C22H20N2O6S. The van der Waals surface area contributed by atoms with Crippen molar-refractivity contribution in [3.63, 3.8) is 0 Å². The van der Waals surface area contributed by atoms with Gasteiger partial charge in [0.2, 0.25) is 0 Å². The highest BCUT2D eigenvalue weighted by atomic mass is 32.1. The number of esters is 1. The van der Waals surface area contributed by atoms with Crippen LogP contribution in [-0.4, -0.2) is 43.2 Å². The van der Waals surface area contributed by atoms with Crippen molar-refractivity contribution in [3.8, 4) is 11.5 Å². The minimum atomic E-state index is -0.594. The Morgan fingerprint density at radius 3 is 2.55 bits per heavy atom. The Morgan fingerprint density at radius 2 is 1.87 bits per heavy atom. The van der Waals surface area contributed by atoms with Crippen LogP contribution in [0.15, 0.2) is 54.1 Å². The number of nitrogens with one attached hydrogen (secondary N) is 1. The van der Waals surface area contributed by atoms with Crippen molar-refractivity contribution < 1.29 is 28.6 Å². The highest BCUT2D eigenvalue weighted by molar-refractivity contribution is 7.80. The smallest absolute Gasteiger partial charge is 0.344 e. The number of benzene rings is 2. The maximum absolute atomic E-state index is 13.0. The lowest BCUT2D eigenvalue weighted by Gasteiger charge is -2.28. The Labute approximate surface area is 184 Å². The molecule has 2 aromatic carbocycles. The lowest BCUT2D eigenvalue weighted by atomic mass is 10.1. The number of para-hydroxylation sites is 1. The number of hydrogen-bond acceptors (Lipinski definition) is 7. The first kappa shape index (κ1) is 22.0. The van der Waals surface area contributed by atoms with Crippen molar-refractivity contribution >= 4 is 46.9 Å². The number of methoxy groups -OCH3 is 1. The molecule has 1 aliphatic heterocycles. The van der Waals surface area contributed by atoms with E-state index in [-0.39, 0.29) is 23.9 Å². The minimum Gasteiger partial charge on any atom is -0.493 e. The number of amides is 2. The Balaban J connectivity index is 1.87. The molecule has 1 heterocycles. The fourth-order valence-electron chi connectivity index (χ4n) is 2.87. The van der Waals surface area contributed by atoms with Gasteiger partial charge in [-0.3, -0.25) is 19.8 Å². The van der Waals surface area contributed by atoms with Gasteiger partial charge < -0.3 is 14.2 Å². The number of anilines is 1. The van der Waals surface area contributed by atoms with Crippen molar-refractivity contribution in [2.24, 2.45) is 0 Å². The molecule has 0 spiro atoms. The van der Waals surface area contributed by atoms with Gasteiger partial charge in [-0.05, 0) is 55.0 Å². The number of thiocarbonyl (C=S) groups is 1. The molecule has 2 aromatic rings. The first-order valence-electron chi connectivity index (χ1n) is 9.37. The summed E-state index contributed by atoms with van der Waals surface area (Å²) in [7, 11) is 1.44. The van der Waals surface area contributed by atoms with E-state index in [1.807, 2.05) is 6.07 Å². The molecule has 0 aliphatic carbocycles. The van der Waals surface area contributed by atoms with E-state index in [1.54, 1.807) is 49.4 Å². The van der Waals surface area contributed by atoms with Crippen molar-refractivity contribution in [1.29, 1.82) is 0 Å². The van der Waals surface area contributed by atoms with Gasteiger partial charge in [0.05, 0.1) is 19.4 Å². The maximum Gasteiger partial charge on any atom is 0.344 e. The highest BCUT2D eigenvalue weighted by Crippen LogP contribution is 2.30. The number of carbonyl (C=O) groups is 3. The molecule has 1 aliphatic rings.